The van der Waals surface area contributed by atoms with Crippen LogP contribution in [0.2, 0.25) is 0 Å². The number of nitrogen functional groups attached to an aromatic ring is 1. The highest BCUT2D eigenvalue weighted by atomic mass is 32.2. The Morgan fingerprint density at radius 1 is 1.53 bits per heavy atom. The maximum atomic E-state index is 12.2. The molecule has 2 atom stereocenters. The topological polar surface area (TPSA) is 68.0 Å². The number of aromatic nitrogens is 1. The summed E-state index contributed by atoms with van der Waals surface area (Å²) >= 11 is 1.89. The van der Waals surface area contributed by atoms with Gasteiger partial charge in [-0.2, -0.15) is 11.8 Å². The number of carbonyl (C=O) groups excluding carboxylic acids is 1. The van der Waals surface area contributed by atoms with E-state index in [0.29, 0.717) is 22.7 Å². The zero-order valence-corrected chi connectivity index (χ0v) is 12.3. The van der Waals surface area contributed by atoms with Gasteiger partial charge in [0.05, 0.1) is 0 Å². The summed E-state index contributed by atoms with van der Waals surface area (Å²) in [4.78, 5) is 16.4. The number of hydrogen-bond donors (Lipinski definition) is 2. The van der Waals surface area contributed by atoms with Crippen molar-refractivity contribution in [3.63, 3.8) is 0 Å². The summed E-state index contributed by atoms with van der Waals surface area (Å²) in [6, 6.07) is 3.77. The summed E-state index contributed by atoms with van der Waals surface area (Å²) in [7, 11) is 0. The van der Waals surface area contributed by atoms with Gasteiger partial charge in [-0.25, -0.2) is 4.98 Å². The van der Waals surface area contributed by atoms with Gasteiger partial charge in [-0.05, 0) is 44.1 Å². The predicted molar refractivity (Wildman–Crippen MR) is 80.4 cm³/mol. The first kappa shape index (κ1) is 14.2. The lowest BCUT2D eigenvalue weighted by molar-refractivity contribution is 0.0938. The molecule has 2 unspecified atom stereocenters. The summed E-state index contributed by atoms with van der Waals surface area (Å²) in [5, 5.41) is 3.78. The largest absolute Gasteiger partial charge is 0.384 e. The summed E-state index contributed by atoms with van der Waals surface area (Å²) in [6.07, 6.45) is 6.23. The lowest BCUT2D eigenvalue weighted by atomic mass is 10.1. The van der Waals surface area contributed by atoms with Crippen molar-refractivity contribution in [2.75, 3.05) is 12.0 Å². The highest BCUT2D eigenvalue weighted by Crippen LogP contribution is 2.28. The molecule has 1 aliphatic rings. The molecule has 5 heteroatoms. The fourth-order valence-electron chi connectivity index (χ4n) is 2.48. The van der Waals surface area contributed by atoms with Gasteiger partial charge in [0.25, 0.3) is 5.91 Å². The molecule has 0 radical (unpaired) electrons. The Morgan fingerprint density at radius 3 is 2.95 bits per heavy atom. The van der Waals surface area contributed by atoms with E-state index in [1.54, 1.807) is 6.07 Å². The lowest BCUT2D eigenvalue weighted by Gasteiger charge is -2.13. The van der Waals surface area contributed by atoms with Gasteiger partial charge in [0, 0.05) is 22.5 Å². The number of anilines is 1. The first-order valence-electron chi connectivity index (χ1n) is 6.72. The molecule has 19 heavy (non-hydrogen) atoms. The maximum absolute atomic E-state index is 12.2. The molecular formula is C14H21N3OS. The molecule has 1 heterocycles. The van der Waals surface area contributed by atoms with Gasteiger partial charge >= 0.3 is 0 Å². The number of nitrogens with zero attached hydrogens (tertiary/aromatic N) is 1. The second-order valence-electron chi connectivity index (χ2n) is 4.97. The number of hydrogen-bond acceptors (Lipinski definition) is 4. The highest BCUT2D eigenvalue weighted by Gasteiger charge is 2.25. The summed E-state index contributed by atoms with van der Waals surface area (Å²) < 4.78 is 0. The standard InChI is InChI=1S/C14H21N3OS/c1-3-10-6-9(7-13(15)16-10)14(18)17-11-4-5-12(8-11)19-2/h6-7,11-12H,3-5,8H2,1-2H3,(H2,15,16)(H,17,18). The van der Waals surface area contributed by atoms with Gasteiger partial charge in [-0.3, -0.25) is 4.79 Å². The molecule has 1 saturated carbocycles. The molecule has 0 bridgehead atoms. The Hall–Kier alpha value is -1.23. The summed E-state index contributed by atoms with van der Waals surface area (Å²) in [6.45, 7) is 2.00. The molecule has 1 aromatic heterocycles. The van der Waals surface area contributed by atoms with Gasteiger partial charge in [-0.15, -0.1) is 0 Å². The van der Waals surface area contributed by atoms with E-state index in [1.807, 2.05) is 24.8 Å². The van der Waals surface area contributed by atoms with E-state index in [2.05, 4.69) is 16.6 Å². The number of thioether (sulfide) groups is 1. The zero-order chi connectivity index (χ0) is 13.8. The molecule has 1 fully saturated rings. The van der Waals surface area contributed by atoms with Crippen molar-refractivity contribution in [3.8, 4) is 0 Å². The van der Waals surface area contributed by atoms with Crippen molar-refractivity contribution < 1.29 is 4.79 Å². The van der Waals surface area contributed by atoms with Crippen LogP contribution in [-0.2, 0) is 6.42 Å². The van der Waals surface area contributed by atoms with E-state index in [-0.39, 0.29) is 5.91 Å². The predicted octanol–water partition coefficient (Wildman–Crippen LogP) is 2.24. The Morgan fingerprint density at radius 2 is 2.32 bits per heavy atom. The van der Waals surface area contributed by atoms with E-state index < -0.39 is 0 Å². The smallest absolute Gasteiger partial charge is 0.251 e. The van der Waals surface area contributed by atoms with Crippen LogP contribution < -0.4 is 11.1 Å². The van der Waals surface area contributed by atoms with Gasteiger partial charge in [0.1, 0.15) is 5.82 Å². The van der Waals surface area contributed by atoms with Crippen LogP contribution in [0.1, 0.15) is 42.2 Å². The zero-order valence-electron chi connectivity index (χ0n) is 11.5. The van der Waals surface area contributed by atoms with Gasteiger partial charge < -0.3 is 11.1 Å². The van der Waals surface area contributed by atoms with E-state index in [0.717, 1.165) is 25.0 Å². The quantitative estimate of drug-likeness (QED) is 0.887. The van der Waals surface area contributed by atoms with Crippen LogP contribution in [0.3, 0.4) is 0 Å². The molecule has 0 saturated heterocycles. The van der Waals surface area contributed by atoms with E-state index >= 15 is 0 Å². The molecular weight excluding hydrogens is 258 g/mol. The molecule has 104 valence electrons. The monoisotopic (exact) mass is 279 g/mol. The third-order valence-electron chi connectivity index (χ3n) is 3.58. The van der Waals surface area contributed by atoms with Crippen molar-refractivity contribution in [3.05, 3.63) is 23.4 Å². The first-order valence-corrected chi connectivity index (χ1v) is 8.01. The molecule has 2 rings (SSSR count). The first-order chi connectivity index (χ1) is 9.12. The molecule has 4 nitrogen and oxygen atoms in total. The molecule has 0 aromatic carbocycles. The van der Waals surface area contributed by atoms with Gasteiger partial charge in [0.15, 0.2) is 0 Å². The van der Waals surface area contributed by atoms with Crippen molar-refractivity contribution in [1.29, 1.82) is 0 Å². The molecule has 1 amide bonds. The third kappa shape index (κ3) is 3.62. The Kier molecular flexibility index (Phi) is 4.69. The number of nitrogens with two attached hydrogens (primary N) is 1. The van der Waals surface area contributed by atoms with Crippen molar-refractivity contribution >= 4 is 23.5 Å². The van der Waals surface area contributed by atoms with E-state index in [1.165, 1.54) is 6.42 Å². The van der Waals surface area contributed by atoms with Crippen LogP contribution in [0.4, 0.5) is 5.82 Å². The average Bonchev–Trinajstić information content (AvgIpc) is 2.85. The van der Waals surface area contributed by atoms with Gasteiger partial charge in [0.2, 0.25) is 0 Å². The number of rotatable bonds is 4. The minimum absolute atomic E-state index is 0.0319. The number of aryl methyl sites for hydroxylation is 1. The molecule has 3 N–H and O–H groups in total. The van der Waals surface area contributed by atoms with Crippen molar-refractivity contribution in [1.82, 2.24) is 10.3 Å². The Bertz CT molecular complexity index is 464. The number of pyridine rings is 1. The van der Waals surface area contributed by atoms with Crippen LogP contribution in [0.5, 0.6) is 0 Å². The van der Waals surface area contributed by atoms with Crippen molar-refractivity contribution in [2.45, 2.75) is 43.9 Å². The fourth-order valence-corrected chi connectivity index (χ4v) is 3.27. The van der Waals surface area contributed by atoms with Gasteiger partial charge in [-0.1, -0.05) is 6.92 Å². The van der Waals surface area contributed by atoms with E-state index in [9.17, 15) is 4.79 Å². The number of carbonyl (C=O) groups is 1. The lowest BCUT2D eigenvalue weighted by Crippen LogP contribution is -2.33. The SMILES string of the molecule is CCc1cc(C(=O)NC2CCC(SC)C2)cc(N)n1. The minimum Gasteiger partial charge on any atom is -0.384 e. The van der Waals surface area contributed by atoms with Crippen LogP contribution in [0.15, 0.2) is 12.1 Å². The molecule has 0 spiro atoms. The second kappa shape index (κ2) is 6.28. The minimum atomic E-state index is -0.0319. The maximum Gasteiger partial charge on any atom is 0.251 e. The van der Waals surface area contributed by atoms with E-state index in [4.69, 9.17) is 5.73 Å². The molecule has 1 aromatic rings. The second-order valence-corrected chi connectivity index (χ2v) is 6.10. The number of nitrogens with one attached hydrogen (secondary N) is 1. The Balaban J connectivity index is 2.02. The highest BCUT2D eigenvalue weighted by molar-refractivity contribution is 7.99. The van der Waals surface area contributed by atoms with Crippen LogP contribution in [-0.4, -0.2) is 28.4 Å². The molecule has 0 aliphatic heterocycles. The van der Waals surface area contributed by atoms with Crippen LogP contribution in [0, 0.1) is 0 Å². The average molecular weight is 279 g/mol. The fraction of sp³-hybridized carbons (Fsp3) is 0.571. The van der Waals surface area contributed by atoms with Crippen LogP contribution >= 0.6 is 11.8 Å². The summed E-state index contributed by atoms with van der Waals surface area (Å²) in [5.41, 5.74) is 7.21. The summed E-state index contributed by atoms with van der Waals surface area (Å²) in [5.74, 6) is 0.383. The molecule has 1 aliphatic carbocycles. The van der Waals surface area contributed by atoms with Crippen LogP contribution in [0.25, 0.3) is 0 Å². The third-order valence-corrected chi connectivity index (χ3v) is 4.67. The Labute approximate surface area is 118 Å². The number of amides is 1. The van der Waals surface area contributed by atoms with Crippen molar-refractivity contribution in [2.24, 2.45) is 0 Å². The normalized spacial score (nSPS) is 22.4.